The quantitative estimate of drug-likeness (QED) is 0.386. The molecule has 0 aliphatic heterocycles. The highest BCUT2D eigenvalue weighted by Crippen LogP contribution is 2.23. The molecule has 0 rings (SSSR count). The lowest BCUT2D eigenvalue weighted by Crippen LogP contribution is -2.13. The highest BCUT2D eigenvalue weighted by atomic mass is 35.5. The SMILES string of the molecule is CC(CCCO)N=NC(C)(Cl)CCCO. The summed E-state index contributed by atoms with van der Waals surface area (Å²) in [6.45, 7) is 4.03. The third-order valence-electron chi connectivity index (χ3n) is 2.03. The van der Waals surface area contributed by atoms with Gasteiger partial charge in [0.2, 0.25) is 0 Å². The maximum Gasteiger partial charge on any atom is 0.152 e. The fourth-order valence-corrected chi connectivity index (χ4v) is 1.29. The van der Waals surface area contributed by atoms with Crippen molar-refractivity contribution in [3.8, 4) is 0 Å². The van der Waals surface area contributed by atoms with Gasteiger partial charge >= 0.3 is 0 Å². The second-order valence-electron chi connectivity index (χ2n) is 3.90. The molecule has 0 aromatic rings. The summed E-state index contributed by atoms with van der Waals surface area (Å²) < 4.78 is 0. The van der Waals surface area contributed by atoms with E-state index in [1.807, 2.05) is 6.92 Å². The van der Waals surface area contributed by atoms with E-state index in [0.29, 0.717) is 12.8 Å². The van der Waals surface area contributed by atoms with Crippen molar-refractivity contribution in [2.75, 3.05) is 13.2 Å². The van der Waals surface area contributed by atoms with Crippen molar-refractivity contribution in [2.24, 2.45) is 10.2 Å². The first-order valence-electron chi connectivity index (χ1n) is 5.34. The number of aliphatic hydroxyl groups is 2. The van der Waals surface area contributed by atoms with Crippen LogP contribution in [0.1, 0.15) is 39.5 Å². The molecule has 2 N–H and O–H groups in total. The molecule has 0 aromatic carbocycles. The second-order valence-corrected chi connectivity index (χ2v) is 4.71. The molecule has 90 valence electrons. The molecule has 0 aromatic heterocycles. The molecule has 0 saturated carbocycles. The van der Waals surface area contributed by atoms with Gasteiger partial charge in [-0.05, 0) is 39.5 Å². The summed E-state index contributed by atoms with van der Waals surface area (Å²) in [7, 11) is 0. The van der Waals surface area contributed by atoms with E-state index in [2.05, 4.69) is 10.2 Å². The molecule has 4 nitrogen and oxygen atoms in total. The van der Waals surface area contributed by atoms with E-state index in [0.717, 1.165) is 12.8 Å². The van der Waals surface area contributed by atoms with Gasteiger partial charge in [-0.15, -0.1) is 0 Å². The van der Waals surface area contributed by atoms with E-state index in [1.54, 1.807) is 6.92 Å². The van der Waals surface area contributed by atoms with Crippen LogP contribution in [0, 0.1) is 0 Å². The van der Waals surface area contributed by atoms with Gasteiger partial charge in [0.15, 0.2) is 5.00 Å². The molecule has 0 amide bonds. The first kappa shape index (κ1) is 14.8. The van der Waals surface area contributed by atoms with Crippen molar-refractivity contribution in [3.63, 3.8) is 0 Å². The van der Waals surface area contributed by atoms with E-state index in [1.165, 1.54) is 0 Å². The molecule has 0 aliphatic rings. The van der Waals surface area contributed by atoms with E-state index in [9.17, 15) is 0 Å². The normalized spacial score (nSPS) is 17.9. The summed E-state index contributed by atoms with van der Waals surface area (Å²) in [5.41, 5.74) is 0. The van der Waals surface area contributed by atoms with Crippen LogP contribution < -0.4 is 0 Å². The molecule has 5 heteroatoms. The Morgan fingerprint density at radius 1 is 1.27 bits per heavy atom. The summed E-state index contributed by atoms with van der Waals surface area (Å²) >= 11 is 6.07. The predicted octanol–water partition coefficient (Wildman–Crippen LogP) is 2.33. The Bertz CT molecular complexity index is 186. The number of nitrogens with zero attached hydrogens (tertiary/aromatic N) is 2. The van der Waals surface area contributed by atoms with Crippen molar-refractivity contribution < 1.29 is 10.2 Å². The summed E-state index contributed by atoms with van der Waals surface area (Å²) in [6.07, 6.45) is 2.79. The molecule has 15 heavy (non-hydrogen) atoms. The summed E-state index contributed by atoms with van der Waals surface area (Å²) in [5.74, 6) is 0. The third kappa shape index (κ3) is 8.78. The van der Waals surface area contributed by atoms with Gasteiger partial charge < -0.3 is 10.2 Å². The number of hydrogen-bond acceptors (Lipinski definition) is 4. The van der Waals surface area contributed by atoms with E-state index < -0.39 is 5.00 Å². The first-order chi connectivity index (χ1) is 7.02. The highest BCUT2D eigenvalue weighted by Gasteiger charge is 2.19. The number of alkyl halides is 1. The molecule has 0 saturated heterocycles. The van der Waals surface area contributed by atoms with E-state index >= 15 is 0 Å². The third-order valence-corrected chi connectivity index (χ3v) is 2.30. The highest BCUT2D eigenvalue weighted by molar-refractivity contribution is 6.23. The summed E-state index contributed by atoms with van der Waals surface area (Å²) in [6, 6.07) is 0.0874. The summed E-state index contributed by atoms with van der Waals surface area (Å²) in [4.78, 5) is -0.712. The van der Waals surface area contributed by atoms with Gasteiger partial charge in [0.25, 0.3) is 0 Å². The van der Waals surface area contributed by atoms with Gasteiger partial charge in [0.1, 0.15) is 0 Å². The van der Waals surface area contributed by atoms with Crippen LogP contribution in [-0.2, 0) is 0 Å². The van der Waals surface area contributed by atoms with Gasteiger partial charge in [-0.3, -0.25) is 0 Å². The molecule has 2 unspecified atom stereocenters. The van der Waals surface area contributed by atoms with Gasteiger partial charge in [0.05, 0.1) is 6.04 Å². The average molecular weight is 237 g/mol. The first-order valence-corrected chi connectivity index (χ1v) is 5.72. The van der Waals surface area contributed by atoms with Crippen molar-refractivity contribution in [1.29, 1.82) is 0 Å². The molecule has 0 spiro atoms. The standard InChI is InChI=1S/C10H21ClN2O2/c1-9(5-3-7-14)12-13-10(2,11)6-4-8-15/h9,14-15H,3-8H2,1-2H3. The number of azo groups is 1. The lowest BCUT2D eigenvalue weighted by molar-refractivity contribution is 0.274. The molecule has 0 fully saturated rings. The molecule has 0 bridgehead atoms. The number of halogens is 1. The van der Waals surface area contributed by atoms with E-state index in [-0.39, 0.29) is 19.3 Å². The Balaban J connectivity index is 3.89. The van der Waals surface area contributed by atoms with Gasteiger partial charge in [-0.25, -0.2) is 0 Å². The monoisotopic (exact) mass is 236 g/mol. The predicted molar refractivity (Wildman–Crippen MR) is 61.2 cm³/mol. The molecular weight excluding hydrogens is 216 g/mol. The Hall–Kier alpha value is -0.190. The van der Waals surface area contributed by atoms with Crippen molar-refractivity contribution in [2.45, 2.75) is 50.6 Å². The lowest BCUT2D eigenvalue weighted by Gasteiger charge is -2.15. The van der Waals surface area contributed by atoms with Gasteiger partial charge in [-0.2, -0.15) is 10.2 Å². The van der Waals surface area contributed by atoms with Crippen LogP contribution in [0.25, 0.3) is 0 Å². The molecular formula is C10H21ClN2O2. The zero-order valence-corrected chi connectivity index (χ0v) is 10.2. The molecule has 0 aliphatic carbocycles. The minimum absolute atomic E-state index is 0.0874. The minimum Gasteiger partial charge on any atom is -0.396 e. The number of rotatable bonds is 8. The lowest BCUT2D eigenvalue weighted by atomic mass is 10.2. The van der Waals surface area contributed by atoms with Crippen LogP contribution in [0.5, 0.6) is 0 Å². The van der Waals surface area contributed by atoms with Crippen LogP contribution in [0.3, 0.4) is 0 Å². The largest absolute Gasteiger partial charge is 0.396 e. The Kier molecular flexibility index (Phi) is 7.92. The van der Waals surface area contributed by atoms with Gasteiger partial charge in [-0.1, -0.05) is 11.6 Å². The summed E-state index contributed by atoms with van der Waals surface area (Å²) in [5, 5.41) is 25.4. The second kappa shape index (κ2) is 8.02. The smallest absolute Gasteiger partial charge is 0.152 e. The van der Waals surface area contributed by atoms with Crippen LogP contribution in [0.2, 0.25) is 0 Å². The van der Waals surface area contributed by atoms with Crippen molar-refractivity contribution >= 4 is 11.6 Å². The van der Waals surface area contributed by atoms with Crippen molar-refractivity contribution in [3.05, 3.63) is 0 Å². The Morgan fingerprint density at radius 3 is 2.40 bits per heavy atom. The maximum absolute atomic E-state index is 8.66. The zero-order valence-electron chi connectivity index (χ0n) is 9.49. The van der Waals surface area contributed by atoms with Crippen molar-refractivity contribution in [1.82, 2.24) is 0 Å². The van der Waals surface area contributed by atoms with Crippen LogP contribution in [-0.4, -0.2) is 34.5 Å². The van der Waals surface area contributed by atoms with Crippen LogP contribution in [0.4, 0.5) is 0 Å². The fraction of sp³-hybridized carbons (Fsp3) is 1.00. The molecule has 0 heterocycles. The molecule has 2 atom stereocenters. The molecule has 0 radical (unpaired) electrons. The average Bonchev–Trinajstić information content (AvgIpc) is 2.21. The van der Waals surface area contributed by atoms with Gasteiger partial charge in [0, 0.05) is 13.2 Å². The number of aliphatic hydroxyl groups excluding tert-OH is 2. The Labute approximate surface area is 96.4 Å². The van der Waals surface area contributed by atoms with Crippen LogP contribution in [0.15, 0.2) is 10.2 Å². The maximum atomic E-state index is 8.66. The fourth-order valence-electron chi connectivity index (χ4n) is 1.12. The zero-order chi connectivity index (χ0) is 11.7. The number of hydrogen-bond donors (Lipinski definition) is 2. The van der Waals surface area contributed by atoms with Crippen LogP contribution >= 0.6 is 11.6 Å². The minimum atomic E-state index is -0.712. The Morgan fingerprint density at radius 2 is 1.87 bits per heavy atom. The van der Waals surface area contributed by atoms with E-state index in [4.69, 9.17) is 21.8 Å². The topological polar surface area (TPSA) is 65.2 Å².